The van der Waals surface area contributed by atoms with E-state index in [1.807, 2.05) is 19.1 Å². The zero-order valence-corrected chi connectivity index (χ0v) is 13.2. The molecule has 0 aliphatic carbocycles. The van der Waals surface area contributed by atoms with E-state index in [9.17, 15) is 10.1 Å². The van der Waals surface area contributed by atoms with Gasteiger partial charge in [-0.3, -0.25) is 10.1 Å². The Morgan fingerprint density at radius 3 is 2.75 bits per heavy atom. The van der Waals surface area contributed by atoms with Crippen molar-refractivity contribution in [1.29, 1.82) is 0 Å². The van der Waals surface area contributed by atoms with Crippen LogP contribution in [-0.2, 0) is 0 Å². The Hall–Kier alpha value is -1.14. The first-order chi connectivity index (χ1) is 9.61. The normalized spacial score (nSPS) is 16.1. The summed E-state index contributed by atoms with van der Waals surface area (Å²) >= 11 is 3.30. The maximum Gasteiger partial charge on any atom is 0.293 e. The van der Waals surface area contributed by atoms with E-state index in [-0.39, 0.29) is 10.6 Å². The summed E-state index contributed by atoms with van der Waals surface area (Å²) in [4.78, 5) is 13.1. The van der Waals surface area contributed by atoms with Crippen molar-refractivity contribution in [3.05, 3.63) is 32.8 Å². The zero-order chi connectivity index (χ0) is 14.5. The van der Waals surface area contributed by atoms with Crippen LogP contribution in [0.15, 0.2) is 22.7 Å². The minimum Gasteiger partial charge on any atom is -0.366 e. The Bertz CT molecular complexity index is 475. The van der Waals surface area contributed by atoms with E-state index in [0.29, 0.717) is 5.92 Å². The number of hydrogen-bond acceptors (Lipinski definition) is 4. The van der Waals surface area contributed by atoms with Gasteiger partial charge in [0.2, 0.25) is 0 Å². The summed E-state index contributed by atoms with van der Waals surface area (Å²) in [5, 5.41) is 14.6. The Kier molecular flexibility index (Phi) is 5.37. The van der Waals surface area contributed by atoms with Crippen LogP contribution in [0.5, 0.6) is 0 Å². The number of nitro groups is 1. The molecule has 1 aromatic rings. The lowest BCUT2D eigenvalue weighted by atomic mass is 9.97. The molecule has 1 aliphatic heterocycles. The number of anilines is 1. The lowest BCUT2D eigenvalue weighted by molar-refractivity contribution is -0.384. The van der Waals surface area contributed by atoms with Crippen LogP contribution in [0, 0.1) is 16.0 Å². The first kappa shape index (κ1) is 15.3. The quantitative estimate of drug-likeness (QED) is 0.660. The van der Waals surface area contributed by atoms with Crippen molar-refractivity contribution in [2.75, 3.05) is 31.1 Å². The lowest BCUT2D eigenvalue weighted by Gasteiger charge is -2.30. The highest BCUT2D eigenvalue weighted by Crippen LogP contribution is 2.32. The molecule has 1 N–H and O–H groups in total. The molecule has 6 heteroatoms. The summed E-state index contributed by atoms with van der Waals surface area (Å²) in [5.41, 5.74) is 0.898. The molecule has 110 valence electrons. The van der Waals surface area contributed by atoms with Crippen molar-refractivity contribution in [1.82, 2.24) is 5.32 Å². The van der Waals surface area contributed by atoms with Crippen LogP contribution >= 0.6 is 15.9 Å². The number of hydrogen-bond donors (Lipinski definition) is 1. The predicted octanol–water partition coefficient (Wildman–Crippen LogP) is 3.18. The van der Waals surface area contributed by atoms with Crippen molar-refractivity contribution in [3.8, 4) is 0 Å². The fourth-order valence-corrected chi connectivity index (χ4v) is 3.03. The molecule has 2 rings (SSSR count). The molecular weight excluding hydrogens is 322 g/mol. The van der Waals surface area contributed by atoms with Gasteiger partial charge in [0.15, 0.2) is 0 Å². The number of benzene rings is 1. The largest absolute Gasteiger partial charge is 0.366 e. The van der Waals surface area contributed by atoms with Gasteiger partial charge in [0.1, 0.15) is 5.69 Å². The zero-order valence-electron chi connectivity index (χ0n) is 11.6. The van der Waals surface area contributed by atoms with E-state index in [1.54, 1.807) is 6.07 Å². The summed E-state index contributed by atoms with van der Waals surface area (Å²) in [5.74, 6) is 0.611. The average Bonchev–Trinajstić information content (AvgIpc) is 2.46. The van der Waals surface area contributed by atoms with Gasteiger partial charge in [-0.1, -0.05) is 15.9 Å². The van der Waals surface area contributed by atoms with E-state index >= 15 is 0 Å². The summed E-state index contributed by atoms with van der Waals surface area (Å²) in [7, 11) is 0. The highest BCUT2D eigenvalue weighted by atomic mass is 79.9. The minimum absolute atomic E-state index is 0.176. The highest BCUT2D eigenvalue weighted by molar-refractivity contribution is 9.10. The SMILES string of the molecule is CCN(CC1CCNCC1)c1ccc(Br)cc1[N+](=O)[O-]. The molecule has 1 aliphatic rings. The Morgan fingerprint density at radius 2 is 2.15 bits per heavy atom. The van der Waals surface area contributed by atoms with E-state index in [0.717, 1.165) is 49.2 Å². The molecular formula is C14H20BrN3O2. The fourth-order valence-electron chi connectivity index (χ4n) is 2.68. The van der Waals surface area contributed by atoms with Crippen molar-refractivity contribution in [3.63, 3.8) is 0 Å². The molecule has 0 radical (unpaired) electrons. The summed E-state index contributed by atoms with van der Waals surface area (Å²) < 4.78 is 0.742. The number of piperidine rings is 1. The van der Waals surface area contributed by atoms with Crippen LogP contribution in [0.2, 0.25) is 0 Å². The third-order valence-electron chi connectivity index (χ3n) is 3.79. The molecule has 1 fully saturated rings. The highest BCUT2D eigenvalue weighted by Gasteiger charge is 2.22. The van der Waals surface area contributed by atoms with Gasteiger partial charge >= 0.3 is 0 Å². The molecule has 20 heavy (non-hydrogen) atoms. The Balaban J connectivity index is 2.19. The molecule has 0 bridgehead atoms. The van der Waals surface area contributed by atoms with Crippen molar-refractivity contribution in [2.24, 2.45) is 5.92 Å². The fraction of sp³-hybridized carbons (Fsp3) is 0.571. The van der Waals surface area contributed by atoms with Crippen molar-refractivity contribution in [2.45, 2.75) is 19.8 Å². The van der Waals surface area contributed by atoms with E-state index < -0.39 is 0 Å². The van der Waals surface area contributed by atoms with Gasteiger partial charge < -0.3 is 10.2 Å². The number of rotatable bonds is 5. The lowest BCUT2D eigenvalue weighted by Crippen LogP contribution is -2.36. The maximum atomic E-state index is 11.2. The average molecular weight is 342 g/mol. The van der Waals surface area contributed by atoms with E-state index in [1.165, 1.54) is 0 Å². The molecule has 0 atom stereocenters. The Morgan fingerprint density at radius 1 is 1.45 bits per heavy atom. The van der Waals surface area contributed by atoms with E-state index in [4.69, 9.17) is 0 Å². The van der Waals surface area contributed by atoms with Gasteiger partial charge in [0.05, 0.1) is 4.92 Å². The third-order valence-corrected chi connectivity index (χ3v) is 4.29. The molecule has 1 heterocycles. The molecule has 0 spiro atoms. The molecule has 0 aromatic heterocycles. The third kappa shape index (κ3) is 3.70. The predicted molar refractivity (Wildman–Crippen MR) is 84.3 cm³/mol. The number of nitro benzene ring substituents is 1. The van der Waals surface area contributed by atoms with Crippen LogP contribution in [0.3, 0.4) is 0 Å². The molecule has 1 aromatic carbocycles. The standard InChI is InChI=1S/C14H20BrN3O2/c1-2-17(10-11-5-7-16-8-6-11)13-4-3-12(15)9-14(13)18(19)20/h3-4,9,11,16H,2,5-8,10H2,1H3. The number of halogens is 1. The Labute approximate surface area is 127 Å². The number of nitrogens with one attached hydrogen (secondary N) is 1. The second-order valence-electron chi connectivity index (χ2n) is 5.12. The van der Waals surface area contributed by atoms with Gasteiger partial charge in [-0.2, -0.15) is 0 Å². The minimum atomic E-state index is -0.300. The molecule has 5 nitrogen and oxygen atoms in total. The first-order valence-electron chi connectivity index (χ1n) is 7.01. The van der Waals surface area contributed by atoms with Crippen molar-refractivity contribution >= 4 is 27.3 Å². The van der Waals surface area contributed by atoms with Crippen LogP contribution in [0.25, 0.3) is 0 Å². The molecule has 1 saturated heterocycles. The van der Waals surface area contributed by atoms with Gasteiger partial charge in [-0.05, 0) is 50.9 Å². The van der Waals surface area contributed by atoms with Crippen LogP contribution in [0.1, 0.15) is 19.8 Å². The first-order valence-corrected chi connectivity index (χ1v) is 7.80. The maximum absolute atomic E-state index is 11.2. The molecule has 0 unspecified atom stereocenters. The van der Waals surface area contributed by atoms with Crippen LogP contribution < -0.4 is 10.2 Å². The van der Waals surface area contributed by atoms with E-state index in [2.05, 4.69) is 26.1 Å². The van der Waals surface area contributed by atoms with Crippen LogP contribution in [0.4, 0.5) is 11.4 Å². The number of nitrogens with zero attached hydrogens (tertiary/aromatic N) is 2. The summed E-state index contributed by atoms with van der Waals surface area (Å²) in [6, 6.07) is 5.29. The molecule has 0 amide bonds. The second-order valence-corrected chi connectivity index (χ2v) is 6.04. The van der Waals surface area contributed by atoms with Crippen molar-refractivity contribution < 1.29 is 4.92 Å². The topological polar surface area (TPSA) is 58.4 Å². The van der Waals surface area contributed by atoms with Gasteiger partial charge in [-0.25, -0.2) is 0 Å². The smallest absolute Gasteiger partial charge is 0.293 e. The van der Waals surface area contributed by atoms with Gasteiger partial charge in [-0.15, -0.1) is 0 Å². The summed E-state index contributed by atoms with van der Waals surface area (Å²) in [6.07, 6.45) is 2.28. The molecule has 0 saturated carbocycles. The van der Waals surface area contributed by atoms with Gasteiger partial charge in [0, 0.05) is 23.6 Å². The second kappa shape index (κ2) is 7.04. The monoisotopic (exact) mass is 341 g/mol. The summed E-state index contributed by atoms with van der Waals surface area (Å²) in [6.45, 7) is 5.81. The van der Waals surface area contributed by atoms with Gasteiger partial charge in [0.25, 0.3) is 5.69 Å². The van der Waals surface area contributed by atoms with Crippen LogP contribution in [-0.4, -0.2) is 31.1 Å².